The minimum atomic E-state index is -3.37. The maximum absolute atomic E-state index is 13.9. The van der Waals surface area contributed by atoms with Crippen molar-refractivity contribution >= 4 is 11.9 Å². The van der Waals surface area contributed by atoms with Gasteiger partial charge in [0.1, 0.15) is 0 Å². The van der Waals surface area contributed by atoms with Gasteiger partial charge in [0.2, 0.25) is 0 Å². The molecule has 1 aliphatic rings. The zero-order valence-electron chi connectivity index (χ0n) is 17.6. The monoisotopic (exact) mass is 413 g/mol. The van der Waals surface area contributed by atoms with E-state index >= 15 is 0 Å². The second-order valence-corrected chi connectivity index (χ2v) is 7.48. The van der Waals surface area contributed by atoms with E-state index in [4.69, 9.17) is 0 Å². The number of aliphatic hydroxyl groups excluding tert-OH is 1. The number of halogens is 2. The van der Waals surface area contributed by atoms with Crippen LogP contribution in [0, 0.1) is 17.8 Å². The summed E-state index contributed by atoms with van der Waals surface area (Å²) in [6.45, 7) is 4.02. The smallest absolute Gasteiger partial charge is 0.327 e. The van der Waals surface area contributed by atoms with Gasteiger partial charge in [0.05, 0.1) is 19.3 Å². The normalized spacial score (nSPS) is 20.4. The number of likely N-dealkylation sites (tertiary alicyclic amines) is 1. The molecule has 0 aliphatic carbocycles. The second kappa shape index (κ2) is 12.6. The van der Waals surface area contributed by atoms with Crippen LogP contribution in [0.2, 0.25) is 0 Å². The van der Waals surface area contributed by atoms with Gasteiger partial charge in [-0.25, -0.2) is 0 Å². The molecule has 3 unspecified atom stereocenters. The molecule has 164 valence electrons. The lowest BCUT2D eigenvalue weighted by atomic mass is 9.99. The highest BCUT2D eigenvalue weighted by Crippen LogP contribution is 2.34. The molecular formula is C22H33F2NO4. The molecule has 5 nitrogen and oxygen atoms in total. The van der Waals surface area contributed by atoms with E-state index in [9.17, 15) is 23.5 Å². The van der Waals surface area contributed by atoms with Gasteiger partial charge in [0.25, 0.3) is 5.91 Å². The average Bonchev–Trinajstić information content (AvgIpc) is 2.91. The van der Waals surface area contributed by atoms with Gasteiger partial charge in [-0.2, -0.15) is 8.78 Å². The summed E-state index contributed by atoms with van der Waals surface area (Å²) >= 11 is 0. The molecule has 0 radical (unpaired) electrons. The number of hydrogen-bond acceptors (Lipinski definition) is 4. The third-order valence-corrected chi connectivity index (χ3v) is 5.04. The fourth-order valence-corrected chi connectivity index (χ4v) is 3.18. The van der Waals surface area contributed by atoms with Gasteiger partial charge in [0.15, 0.2) is 0 Å². The number of rotatable bonds is 11. The highest BCUT2D eigenvalue weighted by molar-refractivity contribution is 5.86. The number of alkyl halides is 2. The van der Waals surface area contributed by atoms with E-state index in [1.54, 1.807) is 0 Å². The number of esters is 1. The first kappa shape index (κ1) is 25.1. The molecule has 1 aliphatic heterocycles. The van der Waals surface area contributed by atoms with Crippen molar-refractivity contribution in [1.82, 2.24) is 4.90 Å². The molecule has 0 spiro atoms. The second-order valence-electron chi connectivity index (χ2n) is 7.48. The van der Waals surface area contributed by atoms with E-state index in [1.807, 2.05) is 13.8 Å². The highest BCUT2D eigenvalue weighted by Gasteiger charge is 2.52. The van der Waals surface area contributed by atoms with Crippen molar-refractivity contribution in [3.63, 3.8) is 0 Å². The van der Waals surface area contributed by atoms with Crippen molar-refractivity contribution in [2.75, 3.05) is 13.7 Å². The predicted molar refractivity (Wildman–Crippen MR) is 107 cm³/mol. The molecule has 1 amide bonds. The maximum Gasteiger partial charge on any atom is 0.327 e. The van der Waals surface area contributed by atoms with Crippen LogP contribution in [0.15, 0.2) is 12.2 Å². The Morgan fingerprint density at radius 3 is 2.69 bits per heavy atom. The number of hydrogen-bond donors (Lipinski definition) is 1. The van der Waals surface area contributed by atoms with Crippen LogP contribution in [-0.2, 0) is 14.3 Å². The molecule has 1 fully saturated rings. The minimum Gasteiger partial charge on any atom is -0.469 e. The first-order valence-electron chi connectivity index (χ1n) is 10.3. The molecule has 0 aromatic rings. The van der Waals surface area contributed by atoms with Crippen LogP contribution in [0.25, 0.3) is 0 Å². The van der Waals surface area contributed by atoms with Crippen molar-refractivity contribution in [3.8, 4) is 11.8 Å². The number of methoxy groups -OCH3 is 1. The van der Waals surface area contributed by atoms with Gasteiger partial charge in [-0.3, -0.25) is 9.59 Å². The Morgan fingerprint density at radius 1 is 1.34 bits per heavy atom. The SMILES string of the molecule is CCC#CCC(C)C(O)/C=C/C1CC(F)(F)C(=O)N1CCCCCCC(=O)OC. The van der Waals surface area contributed by atoms with E-state index in [0.29, 0.717) is 25.7 Å². The van der Waals surface area contributed by atoms with E-state index in [2.05, 4.69) is 16.6 Å². The fourth-order valence-electron chi connectivity index (χ4n) is 3.18. The molecular weight excluding hydrogens is 380 g/mol. The predicted octanol–water partition coefficient (Wildman–Crippen LogP) is 3.70. The van der Waals surface area contributed by atoms with Crippen LogP contribution in [0.5, 0.6) is 0 Å². The molecule has 7 heteroatoms. The summed E-state index contributed by atoms with van der Waals surface area (Å²) in [4.78, 5) is 24.3. The van der Waals surface area contributed by atoms with Crippen LogP contribution in [0.4, 0.5) is 8.78 Å². The summed E-state index contributed by atoms with van der Waals surface area (Å²) in [6.07, 6.45) is 6.01. The number of carbonyl (C=O) groups is 2. The topological polar surface area (TPSA) is 66.8 Å². The van der Waals surface area contributed by atoms with Gasteiger partial charge >= 0.3 is 11.9 Å². The first-order valence-corrected chi connectivity index (χ1v) is 10.3. The number of amides is 1. The summed E-state index contributed by atoms with van der Waals surface area (Å²) < 4.78 is 32.4. The maximum atomic E-state index is 13.9. The molecule has 0 bridgehead atoms. The third kappa shape index (κ3) is 8.53. The highest BCUT2D eigenvalue weighted by atomic mass is 19.3. The van der Waals surface area contributed by atoms with E-state index in [0.717, 1.165) is 19.3 Å². The Morgan fingerprint density at radius 2 is 2.03 bits per heavy atom. The summed E-state index contributed by atoms with van der Waals surface area (Å²) in [6, 6.07) is -0.726. The van der Waals surface area contributed by atoms with E-state index in [-0.39, 0.29) is 18.4 Å². The molecule has 1 saturated heterocycles. The first-order chi connectivity index (χ1) is 13.7. The van der Waals surface area contributed by atoms with E-state index in [1.165, 1.54) is 24.2 Å². The molecule has 0 aromatic heterocycles. The number of unbranched alkanes of at least 4 members (excludes halogenated alkanes) is 3. The molecule has 0 aromatic carbocycles. The summed E-state index contributed by atoms with van der Waals surface area (Å²) in [7, 11) is 1.34. The lowest BCUT2D eigenvalue weighted by molar-refractivity contribution is -0.148. The van der Waals surface area contributed by atoms with Crippen LogP contribution >= 0.6 is 0 Å². The van der Waals surface area contributed by atoms with Crippen molar-refractivity contribution in [3.05, 3.63) is 12.2 Å². The van der Waals surface area contributed by atoms with Gasteiger partial charge in [-0.1, -0.05) is 38.8 Å². The Bertz CT molecular complexity index is 624. The van der Waals surface area contributed by atoms with Crippen LogP contribution in [0.1, 0.15) is 65.2 Å². The summed E-state index contributed by atoms with van der Waals surface area (Å²) in [5, 5.41) is 10.2. The zero-order valence-corrected chi connectivity index (χ0v) is 17.6. The lowest BCUT2D eigenvalue weighted by Crippen LogP contribution is -2.36. The summed E-state index contributed by atoms with van der Waals surface area (Å²) in [5.74, 6) is 0.998. The number of nitrogens with zero attached hydrogens (tertiary/aromatic N) is 1. The van der Waals surface area contributed by atoms with Gasteiger partial charge < -0.3 is 14.7 Å². The van der Waals surface area contributed by atoms with Crippen molar-refractivity contribution in [2.24, 2.45) is 5.92 Å². The summed E-state index contributed by atoms with van der Waals surface area (Å²) in [5.41, 5.74) is 0. The molecule has 0 saturated carbocycles. The van der Waals surface area contributed by atoms with Gasteiger partial charge in [-0.05, 0) is 18.8 Å². The van der Waals surface area contributed by atoms with Crippen LogP contribution in [0.3, 0.4) is 0 Å². The van der Waals surface area contributed by atoms with Crippen molar-refractivity contribution in [1.29, 1.82) is 0 Å². The fraction of sp³-hybridized carbons (Fsp3) is 0.727. The standard InChI is InChI=1S/C22H33F2NO4/c1-4-5-8-11-17(2)19(26)14-13-18-16-22(23,24)21(28)25(18)15-10-7-6-9-12-20(27)29-3/h13-14,17-19,26H,4,6-7,9-12,15-16H2,1-3H3/b14-13+. The largest absolute Gasteiger partial charge is 0.469 e. The number of aliphatic hydroxyl groups is 1. The van der Waals surface area contributed by atoms with Crippen molar-refractivity contribution in [2.45, 2.75) is 83.3 Å². The van der Waals surface area contributed by atoms with Crippen LogP contribution in [-0.4, -0.2) is 53.6 Å². The van der Waals surface area contributed by atoms with Gasteiger partial charge in [-0.15, -0.1) is 11.8 Å². The van der Waals surface area contributed by atoms with E-state index < -0.39 is 30.4 Å². The Hall–Kier alpha value is -1.94. The molecule has 3 atom stereocenters. The lowest BCUT2D eigenvalue weighted by Gasteiger charge is -2.22. The number of carbonyl (C=O) groups excluding carboxylic acids is 2. The molecule has 1 N–H and O–H groups in total. The number of ether oxygens (including phenoxy) is 1. The molecule has 1 rings (SSSR count). The Kier molecular flexibility index (Phi) is 10.9. The minimum absolute atomic E-state index is 0.119. The Balaban J connectivity index is 2.56. The molecule has 1 heterocycles. The van der Waals surface area contributed by atoms with Gasteiger partial charge in [0, 0.05) is 32.2 Å². The third-order valence-electron chi connectivity index (χ3n) is 5.04. The quantitative estimate of drug-likeness (QED) is 0.243. The van der Waals surface area contributed by atoms with Crippen LogP contribution < -0.4 is 0 Å². The average molecular weight is 414 g/mol. The Labute approximate surface area is 172 Å². The molecule has 29 heavy (non-hydrogen) atoms. The van der Waals surface area contributed by atoms with Crippen molar-refractivity contribution < 1.29 is 28.2 Å². The zero-order chi connectivity index (χ0) is 21.9.